The maximum absolute atomic E-state index is 12.2. The highest BCUT2D eigenvalue weighted by atomic mass is 16.7. The van der Waals surface area contributed by atoms with Gasteiger partial charge in [0.2, 0.25) is 5.91 Å². The molecule has 0 saturated carbocycles. The van der Waals surface area contributed by atoms with Gasteiger partial charge in [-0.3, -0.25) is 14.5 Å². The molecule has 0 aliphatic carbocycles. The topological polar surface area (TPSA) is 112 Å². The van der Waals surface area contributed by atoms with Crippen LogP contribution in [0.15, 0.2) is 72.8 Å². The number of likely N-dealkylation sites (tertiary alicyclic amines) is 2. The summed E-state index contributed by atoms with van der Waals surface area (Å²) in [7, 11) is 0. The first-order chi connectivity index (χ1) is 23.4. The third-order valence-corrected chi connectivity index (χ3v) is 10.3. The van der Waals surface area contributed by atoms with E-state index in [1.165, 1.54) is 38.8 Å². The number of benzene rings is 3. The summed E-state index contributed by atoms with van der Waals surface area (Å²) in [6, 6.07) is 24.8. The fraction of sp³-hybridized carbons (Fsp3) is 0.487. The van der Waals surface area contributed by atoms with Crippen LogP contribution in [-0.2, 0) is 32.2 Å². The Hall–Kier alpha value is -3.60. The molecule has 3 aromatic carbocycles. The van der Waals surface area contributed by atoms with Crippen molar-refractivity contribution in [3.8, 4) is 11.1 Å². The van der Waals surface area contributed by atoms with Crippen LogP contribution >= 0.6 is 0 Å². The summed E-state index contributed by atoms with van der Waals surface area (Å²) in [5.74, 6) is -1.14. The lowest BCUT2D eigenvalue weighted by molar-refractivity contribution is -0.276. The van der Waals surface area contributed by atoms with E-state index >= 15 is 0 Å². The van der Waals surface area contributed by atoms with Crippen molar-refractivity contribution in [2.24, 2.45) is 5.92 Å². The monoisotopic (exact) mass is 655 g/mol. The summed E-state index contributed by atoms with van der Waals surface area (Å²) in [5.41, 5.74) is 5.87. The Morgan fingerprint density at radius 1 is 0.854 bits per heavy atom. The highest BCUT2D eigenvalue weighted by Gasteiger charge is 2.40. The molecule has 0 bridgehead atoms. The number of amides is 1. The molecule has 5 atom stereocenters. The van der Waals surface area contributed by atoms with E-state index in [1.54, 1.807) is 0 Å². The Labute approximate surface area is 283 Å². The van der Waals surface area contributed by atoms with Crippen LogP contribution in [0.3, 0.4) is 0 Å². The van der Waals surface area contributed by atoms with Crippen molar-refractivity contribution in [3.05, 3.63) is 95.1 Å². The number of carboxylic acids is 1. The summed E-state index contributed by atoms with van der Waals surface area (Å²) >= 11 is 0. The Balaban J connectivity index is 1.19. The number of carbonyl (C=O) groups is 2. The summed E-state index contributed by atoms with van der Waals surface area (Å²) in [6.45, 7) is 8.09. The highest BCUT2D eigenvalue weighted by Crippen LogP contribution is 2.42. The van der Waals surface area contributed by atoms with Crippen molar-refractivity contribution in [3.63, 3.8) is 0 Å². The Morgan fingerprint density at radius 3 is 2.31 bits per heavy atom. The quantitative estimate of drug-likeness (QED) is 0.216. The van der Waals surface area contributed by atoms with Crippen LogP contribution in [0, 0.1) is 5.92 Å². The maximum atomic E-state index is 12.2. The SMILES string of the molecule is C[C@@H]1[C@H](CN2CCC[C@H]2CN2CCCC2)O[C@H](c2ccc(-c3ccccc3CNC(=O)CCC(=O)O)cc2)O[C@@H]1c1ccc(CO)cc1. The summed E-state index contributed by atoms with van der Waals surface area (Å²) in [6.07, 6.45) is 4.12. The molecular formula is C39H49N3O6. The van der Waals surface area contributed by atoms with Crippen molar-refractivity contribution < 1.29 is 29.3 Å². The average molecular weight is 656 g/mol. The summed E-state index contributed by atoms with van der Waals surface area (Å²) in [4.78, 5) is 28.3. The molecule has 3 saturated heterocycles. The molecule has 6 rings (SSSR count). The van der Waals surface area contributed by atoms with Crippen LogP contribution in [0.2, 0.25) is 0 Å². The van der Waals surface area contributed by atoms with Crippen molar-refractivity contribution in [2.75, 3.05) is 32.7 Å². The molecule has 3 fully saturated rings. The minimum absolute atomic E-state index is 0.00958. The molecular weight excluding hydrogens is 606 g/mol. The number of aliphatic carboxylic acids is 1. The molecule has 9 nitrogen and oxygen atoms in total. The molecule has 3 aliphatic heterocycles. The molecule has 3 heterocycles. The molecule has 0 spiro atoms. The zero-order valence-electron chi connectivity index (χ0n) is 27.9. The predicted molar refractivity (Wildman–Crippen MR) is 184 cm³/mol. The number of ether oxygens (including phenoxy) is 2. The number of nitrogens with one attached hydrogen (secondary N) is 1. The second-order valence-electron chi connectivity index (χ2n) is 13.6. The number of hydrogen-bond acceptors (Lipinski definition) is 7. The molecule has 256 valence electrons. The van der Waals surface area contributed by atoms with Crippen LogP contribution in [0.25, 0.3) is 11.1 Å². The number of hydrogen-bond donors (Lipinski definition) is 3. The maximum Gasteiger partial charge on any atom is 0.303 e. The van der Waals surface area contributed by atoms with E-state index in [0.717, 1.165) is 53.0 Å². The van der Waals surface area contributed by atoms with E-state index in [1.807, 2.05) is 36.4 Å². The molecule has 0 aromatic heterocycles. The lowest BCUT2D eigenvalue weighted by Crippen LogP contribution is -2.48. The van der Waals surface area contributed by atoms with Crippen molar-refractivity contribution >= 4 is 11.9 Å². The molecule has 0 radical (unpaired) electrons. The number of rotatable bonds is 13. The normalized spacial score (nSPS) is 24.9. The average Bonchev–Trinajstić information content (AvgIpc) is 3.80. The minimum atomic E-state index is -0.985. The van der Waals surface area contributed by atoms with E-state index in [9.17, 15) is 14.7 Å². The Kier molecular flexibility index (Phi) is 11.6. The van der Waals surface area contributed by atoms with Gasteiger partial charge in [0.15, 0.2) is 6.29 Å². The fourth-order valence-corrected chi connectivity index (χ4v) is 7.44. The molecule has 3 aromatic rings. The highest BCUT2D eigenvalue weighted by molar-refractivity contribution is 5.80. The van der Waals surface area contributed by atoms with E-state index in [0.29, 0.717) is 12.6 Å². The molecule has 9 heteroatoms. The number of carboxylic acid groups (broad SMARTS) is 1. The van der Waals surface area contributed by atoms with Gasteiger partial charge in [-0.15, -0.1) is 0 Å². The third kappa shape index (κ3) is 8.51. The first-order valence-electron chi connectivity index (χ1n) is 17.5. The lowest BCUT2D eigenvalue weighted by atomic mass is 9.89. The predicted octanol–water partition coefficient (Wildman–Crippen LogP) is 5.68. The standard InChI is InChI=1S/C39H49N3O6/c1-27-35(25-42-22-6-8-33(42)24-41-20-4-5-21-41)47-39(48-38(27)30-12-10-28(26-43)11-13-30)31-16-14-29(15-17-31)34-9-3-2-7-32(34)23-40-36(44)18-19-37(45)46/h2-3,7,9-17,27,33,35,38-39,43H,4-6,8,18-26H2,1H3,(H,40,44)(H,45,46)/t27-,33+,35+,38+,39+/m1/s1. The first kappa shape index (κ1) is 34.3. The van der Waals surface area contributed by atoms with E-state index in [4.69, 9.17) is 14.6 Å². The van der Waals surface area contributed by atoms with Gasteiger partial charge in [-0.05, 0) is 73.1 Å². The van der Waals surface area contributed by atoms with Gasteiger partial charge in [0.25, 0.3) is 0 Å². The van der Waals surface area contributed by atoms with Gasteiger partial charge in [0, 0.05) is 43.6 Å². The lowest BCUT2D eigenvalue weighted by Gasteiger charge is -2.43. The zero-order valence-corrected chi connectivity index (χ0v) is 27.9. The number of carbonyl (C=O) groups excluding carboxylic acids is 1. The molecule has 3 N–H and O–H groups in total. The van der Waals surface area contributed by atoms with E-state index in [2.05, 4.69) is 58.4 Å². The van der Waals surface area contributed by atoms with Gasteiger partial charge in [0.1, 0.15) is 0 Å². The van der Waals surface area contributed by atoms with Crippen LogP contribution < -0.4 is 5.32 Å². The van der Waals surface area contributed by atoms with Crippen molar-refractivity contribution in [1.29, 1.82) is 0 Å². The summed E-state index contributed by atoms with van der Waals surface area (Å²) in [5, 5.41) is 21.4. The van der Waals surface area contributed by atoms with Gasteiger partial charge in [-0.1, -0.05) is 79.7 Å². The molecule has 1 amide bonds. The molecule has 48 heavy (non-hydrogen) atoms. The van der Waals surface area contributed by atoms with Crippen LogP contribution in [0.5, 0.6) is 0 Å². The van der Waals surface area contributed by atoms with E-state index < -0.39 is 12.3 Å². The van der Waals surface area contributed by atoms with Crippen molar-refractivity contribution in [1.82, 2.24) is 15.1 Å². The van der Waals surface area contributed by atoms with Gasteiger partial charge in [0.05, 0.1) is 25.2 Å². The Morgan fingerprint density at radius 2 is 1.58 bits per heavy atom. The number of aliphatic hydroxyl groups is 1. The fourth-order valence-electron chi connectivity index (χ4n) is 7.44. The van der Waals surface area contributed by atoms with Crippen molar-refractivity contribution in [2.45, 2.75) is 83.1 Å². The van der Waals surface area contributed by atoms with Crippen LogP contribution in [0.1, 0.15) is 80.1 Å². The number of aliphatic hydroxyl groups excluding tert-OH is 1. The second-order valence-corrected chi connectivity index (χ2v) is 13.6. The molecule has 3 aliphatic rings. The van der Waals surface area contributed by atoms with E-state index in [-0.39, 0.29) is 43.5 Å². The third-order valence-electron chi connectivity index (χ3n) is 10.3. The largest absolute Gasteiger partial charge is 0.481 e. The summed E-state index contributed by atoms with van der Waals surface area (Å²) < 4.78 is 13.6. The van der Waals surface area contributed by atoms with Gasteiger partial charge in [-0.2, -0.15) is 0 Å². The second kappa shape index (κ2) is 16.2. The number of nitrogens with zero attached hydrogens (tertiary/aromatic N) is 2. The smallest absolute Gasteiger partial charge is 0.303 e. The van der Waals surface area contributed by atoms with Crippen LogP contribution in [0.4, 0.5) is 0 Å². The Bertz CT molecular complexity index is 1510. The van der Waals surface area contributed by atoms with Gasteiger partial charge >= 0.3 is 5.97 Å². The van der Waals surface area contributed by atoms with Crippen LogP contribution in [-0.4, -0.2) is 76.8 Å². The van der Waals surface area contributed by atoms with Gasteiger partial charge < -0.3 is 29.9 Å². The first-order valence-corrected chi connectivity index (χ1v) is 17.5. The van der Waals surface area contributed by atoms with Gasteiger partial charge in [-0.25, -0.2) is 0 Å². The molecule has 0 unspecified atom stereocenters. The minimum Gasteiger partial charge on any atom is -0.481 e. The zero-order chi connectivity index (χ0) is 33.5.